The lowest BCUT2D eigenvalue weighted by Gasteiger charge is -2.18. The summed E-state index contributed by atoms with van der Waals surface area (Å²) < 4.78 is 0. The predicted molar refractivity (Wildman–Crippen MR) is 169 cm³/mol. The van der Waals surface area contributed by atoms with Crippen molar-refractivity contribution in [1.29, 1.82) is 0 Å². The second-order valence-corrected chi connectivity index (χ2v) is 10.5. The maximum absolute atomic E-state index is 13.3. The van der Waals surface area contributed by atoms with Crippen LogP contribution in [0.4, 0.5) is 5.69 Å². The number of carboxylic acids is 1. The Hall–Kier alpha value is -5.70. The predicted octanol–water partition coefficient (Wildman–Crippen LogP) is 4.95. The average Bonchev–Trinajstić information content (AvgIpc) is 3.43. The molecule has 9 nitrogen and oxygen atoms in total. The number of benzene rings is 4. The largest absolute Gasteiger partial charge is 0.480 e. The van der Waals surface area contributed by atoms with Crippen LogP contribution < -0.4 is 16.0 Å². The number of carbonyl (C=O) groups excluding carboxylic acids is 3. The van der Waals surface area contributed by atoms with E-state index in [1.807, 2.05) is 72.9 Å². The molecule has 5 aromatic rings. The molecule has 0 bridgehead atoms. The Morgan fingerprint density at radius 2 is 1.48 bits per heavy atom. The lowest BCUT2D eigenvalue weighted by Crippen LogP contribution is -2.44. The van der Waals surface area contributed by atoms with Crippen molar-refractivity contribution in [3.05, 3.63) is 126 Å². The van der Waals surface area contributed by atoms with Crippen LogP contribution >= 0.6 is 0 Å². The monoisotopic (exact) mass is 588 g/mol. The summed E-state index contributed by atoms with van der Waals surface area (Å²) in [5.41, 5.74) is 5.16. The summed E-state index contributed by atoms with van der Waals surface area (Å²) in [6.45, 7) is 1.38. The standard InChI is InChI=1S/C35H32N4O5/c1-22(40)37-31(20-27-21-36-30-13-6-5-12-29(27)30)34(42)38-28-11-7-10-26(19-28)24-14-16-25(17-15-24)33(41)39-32(35(43)44)18-23-8-3-2-4-9-23/h2-17,19,21,31-32,36H,18,20H2,1H3,(H,37,40)(H,38,42)(H,39,41)(H,43,44)/t31-,32-/m0/s1. The number of nitrogens with one attached hydrogen (secondary N) is 4. The minimum absolute atomic E-state index is 0.170. The van der Waals surface area contributed by atoms with E-state index >= 15 is 0 Å². The summed E-state index contributed by atoms with van der Waals surface area (Å²) in [4.78, 5) is 53.1. The van der Waals surface area contributed by atoms with E-state index in [9.17, 15) is 24.3 Å². The first-order valence-corrected chi connectivity index (χ1v) is 14.2. The van der Waals surface area contributed by atoms with Gasteiger partial charge in [-0.2, -0.15) is 0 Å². The van der Waals surface area contributed by atoms with E-state index in [-0.39, 0.29) is 18.2 Å². The van der Waals surface area contributed by atoms with Crippen LogP contribution in [0.5, 0.6) is 0 Å². The van der Waals surface area contributed by atoms with Gasteiger partial charge in [-0.05, 0) is 52.6 Å². The van der Waals surface area contributed by atoms with Gasteiger partial charge in [-0.3, -0.25) is 14.4 Å². The molecule has 0 saturated carbocycles. The first-order valence-electron chi connectivity index (χ1n) is 14.2. The van der Waals surface area contributed by atoms with Gasteiger partial charge in [-0.1, -0.05) is 72.8 Å². The number of carboxylic acid groups (broad SMARTS) is 1. The topological polar surface area (TPSA) is 140 Å². The van der Waals surface area contributed by atoms with Gasteiger partial charge in [0.1, 0.15) is 12.1 Å². The van der Waals surface area contributed by atoms with Crippen molar-refractivity contribution < 1.29 is 24.3 Å². The fourth-order valence-corrected chi connectivity index (χ4v) is 5.09. The number of para-hydroxylation sites is 1. The molecule has 222 valence electrons. The molecule has 0 aliphatic heterocycles. The van der Waals surface area contributed by atoms with Gasteiger partial charge in [0.05, 0.1) is 0 Å². The Morgan fingerprint density at radius 3 is 2.20 bits per heavy atom. The number of aromatic amines is 1. The van der Waals surface area contributed by atoms with E-state index in [1.165, 1.54) is 6.92 Å². The van der Waals surface area contributed by atoms with Gasteiger partial charge in [0.2, 0.25) is 11.8 Å². The second kappa shape index (κ2) is 13.5. The highest BCUT2D eigenvalue weighted by Crippen LogP contribution is 2.24. The van der Waals surface area contributed by atoms with Crippen LogP contribution in [-0.4, -0.2) is 45.9 Å². The molecule has 0 aliphatic rings. The Balaban J connectivity index is 1.26. The molecule has 1 heterocycles. The maximum atomic E-state index is 13.3. The molecule has 4 aromatic carbocycles. The zero-order valence-corrected chi connectivity index (χ0v) is 24.0. The van der Waals surface area contributed by atoms with Crippen molar-refractivity contribution in [3.63, 3.8) is 0 Å². The second-order valence-electron chi connectivity index (χ2n) is 10.5. The van der Waals surface area contributed by atoms with Crippen LogP contribution in [0.25, 0.3) is 22.0 Å². The lowest BCUT2D eigenvalue weighted by atomic mass is 10.0. The number of rotatable bonds is 11. The number of amides is 3. The van der Waals surface area contributed by atoms with Gasteiger partial charge < -0.3 is 26.0 Å². The van der Waals surface area contributed by atoms with Gasteiger partial charge in [0.15, 0.2) is 0 Å². The third kappa shape index (κ3) is 7.38. The van der Waals surface area contributed by atoms with Crippen LogP contribution in [-0.2, 0) is 27.2 Å². The Kier molecular flexibility index (Phi) is 9.15. The van der Waals surface area contributed by atoms with Crippen LogP contribution in [0.3, 0.4) is 0 Å². The van der Waals surface area contributed by atoms with Crippen LogP contribution in [0.2, 0.25) is 0 Å². The first kappa shape index (κ1) is 29.8. The van der Waals surface area contributed by atoms with E-state index in [1.54, 1.807) is 36.4 Å². The number of aromatic nitrogens is 1. The highest BCUT2D eigenvalue weighted by atomic mass is 16.4. The molecule has 44 heavy (non-hydrogen) atoms. The summed E-state index contributed by atoms with van der Waals surface area (Å²) in [5, 5.41) is 18.9. The van der Waals surface area contributed by atoms with Crippen LogP contribution in [0.15, 0.2) is 109 Å². The zero-order valence-electron chi connectivity index (χ0n) is 24.0. The molecule has 9 heteroatoms. The molecule has 0 fully saturated rings. The number of hydrogen-bond donors (Lipinski definition) is 5. The first-order chi connectivity index (χ1) is 21.3. The smallest absolute Gasteiger partial charge is 0.326 e. The molecular weight excluding hydrogens is 556 g/mol. The third-order valence-electron chi connectivity index (χ3n) is 7.29. The molecule has 0 radical (unpaired) electrons. The molecule has 5 rings (SSSR count). The molecule has 0 aliphatic carbocycles. The van der Waals surface area contributed by atoms with Crippen molar-refractivity contribution in [2.24, 2.45) is 0 Å². The molecule has 2 atom stereocenters. The highest BCUT2D eigenvalue weighted by Gasteiger charge is 2.23. The van der Waals surface area contributed by atoms with E-state index in [2.05, 4.69) is 20.9 Å². The number of hydrogen-bond acceptors (Lipinski definition) is 4. The fraction of sp³-hybridized carbons (Fsp3) is 0.143. The van der Waals surface area contributed by atoms with Crippen LogP contribution in [0, 0.1) is 0 Å². The van der Waals surface area contributed by atoms with Crippen molar-refractivity contribution in [2.75, 3.05) is 5.32 Å². The number of carbonyl (C=O) groups is 4. The quantitative estimate of drug-likeness (QED) is 0.149. The van der Waals surface area contributed by atoms with E-state index in [4.69, 9.17) is 0 Å². The minimum atomic E-state index is -1.11. The number of aliphatic carboxylic acids is 1. The molecule has 0 spiro atoms. The normalized spacial score (nSPS) is 12.2. The van der Waals surface area contributed by atoms with Gasteiger partial charge in [0, 0.05) is 48.1 Å². The third-order valence-corrected chi connectivity index (χ3v) is 7.29. The molecular formula is C35H32N4O5. The van der Waals surface area contributed by atoms with Crippen molar-refractivity contribution in [1.82, 2.24) is 15.6 Å². The van der Waals surface area contributed by atoms with E-state index in [0.29, 0.717) is 17.7 Å². The highest BCUT2D eigenvalue weighted by molar-refractivity contribution is 5.99. The van der Waals surface area contributed by atoms with Crippen molar-refractivity contribution in [2.45, 2.75) is 31.8 Å². The van der Waals surface area contributed by atoms with E-state index in [0.717, 1.165) is 33.2 Å². The van der Waals surface area contributed by atoms with Crippen molar-refractivity contribution in [3.8, 4) is 11.1 Å². The van der Waals surface area contributed by atoms with Crippen molar-refractivity contribution >= 4 is 40.3 Å². The van der Waals surface area contributed by atoms with Gasteiger partial charge >= 0.3 is 5.97 Å². The Morgan fingerprint density at radius 1 is 0.750 bits per heavy atom. The van der Waals surface area contributed by atoms with Gasteiger partial charge in [-0.25, -0.2) is 4.79 Å². The summed E-state index contributed by atoms with van der Waals surface area (Å²) in [5.74, 6) is -2.25. The fourth-order valence-electron chi connectivity index (χ4n) is 5.09. The number of fused-ring (bicyclic) bond motifs is 1. The molecule has 5 N–H and O–H groups in total. The summed E-state index contributed by atoms with van der Waals surface area (Å²) in [7, 11) is 0. The number of anilines is 1. The summed E-state index contributed by atoms with van der Waals surface area (Å²) in [6, 6.07) is 29.1. The van der Waals surface area contributed by atoms with E-state index < -0.39 is 24.0 Å². The lowest BCUT2D eigenvalue weighted by molar-refractivity contribution is -0.139. The maximum Gasteiger partial charge on any atom is 0.326 e. The summed E-state index contributed by atoms with van der Waals surface area (Å²) >= 11 is 0. The Labute approximate surface area is 254 Å². The van der Waals surface area contributed by atoms with Crippen LogP contribution in [0.1, 0.15) is 28.4 Å². The molecule has 0 saturated heterocycles. The zero-order chi connectivity index (χ0) is 31.1. The number of H-pyrrole nitrogens is 1. The average molecular weight is 589 g/mol. The van der Waals surface area contributed by atoms with Gasteiger partial charge in [-0.15, -0.1) is 0 Å². The SMILES string of the molecule is CC(=O)N[C@@H](Cc1c[nH]c2ccccc12)C(=O)Nc1cccc(-c2ccc(C(=O)N[C@@H](Cc3ccccc3)C(=O)O)cc2)c1. The minimum Gasteiger partial charge on any atom is -0.480 e. The molecule has 1 aromatic heterocycles. The summed E-state index contributed by atoms with van der Waals surface area (Å²) in [6.07, 6.45) is 2.33. The molecule has 0 unspecified atom stereocenters. The van der Waals surface area contributed by atoms with Gasteiger partial charge in [0.25, 0.3) is 5.91 Å². The molecule has 3 amide bonds. The Bertz CT molecular complexity index is 1800.